The van der Waals surface area contributed by atoms with Gasteiger partial charge in [0.2, 0.25) is 0 Å². The molecule has 1 aromatic heterocycles. The summed E-state index contributed by atoms with van der Waals surface area (Å²) in [5.41, 5.74) is 2.22. The van der Waals surface area contributed by atoms with Crippen LogP contribution in [0.5, 0.6) is 0 Å². The lowest BCUT2D eigenvalue weighted by atomic mass is 10.1. The minimum Gasteiger partial charge on any atom is -0.354 e. The van der Waals surface area contributed by atoms with Crippen LogP contribution >= 0.6 is 11.8 Å². The van der Waals surface area contributed by atoms with Crippen LogP contribution in [-0.2, 0) is 6.54 Å². The fourth-order valence-corrected chi connectivity index (χ4v) is 3.83. The van der Waals surface area contributed by atoms with Gasteiger partial charge in [0.05, 0.1) is 0 Å². The van der Waals surface area contributed by atoms with E-state index in [9.17, 15) is 0 Å². The molecular formula is C17H24N6S. The Morgan fingerprint density at radius 3 is 3.04 bits per heavy atom. The minimum absolute atomic E-state index is 0.522. The molecule has 2 atom stereocenters. The number of benzene rings is 1. The molecule has 128 valence electrons. The van der Waals surface area contributed by atoms with Crippen molar-refractivity contribution in [3.8, 4) is 11.4 Å². The summed E-state index contributed by atoms with van der Waals surface area (Å²) in [5, 5.41) is 14.5. The number of thioether (sulfide) groups is 1. The van der Waals surface area contributed by atoms with Crippen molar-refractivity contribution in [3.05, 3.63) is 36.2 Å². The maximum atomic E-state index is 4.35. The summed E-state index contributed by atoms with van der Waals surface area (Å²) in [6.07, 6.45) is 7.43. The molecule has 6 nitrogen and oxygen atoms in total. The molecular weight excluding hydrogens is 320 g/mol. The maximum absolute atomic E-state index is 4.35. The van der Waals surface area contributed by atoms with Crippen molar-refractivity contribution in [3.63, 3.8) is 0 Å². The van der Waals surface area contributed by atoms with E-state index in [-0.39, 0.29) is 0 Å². The van der Waals surface area contributed by atoms with Crippen molar-refractivity contribution >= 4 is 17.7 Å². The molecule has 0 saturated heterocycles. The highest BCUT2D eigenvalue weighted by Gasteiger charge is 2.24. The second kappa shape index (κ2) is 8.19. The summed E-state index contributed by atoms with van der Waals surface area (Å²) in [6.45, 7) is 0.723. The molecule has 1 saturated carbocycles. The predicted molar refractivity (Wildman–Crippen MR) is 100 cm³/mol. The van der Waals surface area contributed by atoms with Gasteiger partial charge in [-0.05, 0) is 37.1 Å². The number of nitrogens with zero attached hydrogens (tertiary/aromatic N) is 3. The predicted octanol–water partition coefficient (Wildman–Crippen LogP) is 2.42. The molecule has 1 aliphatic carbocycles. The number of guanidine groups is 1. The van der Waals surface area contributed by atoms with Crippen LogP contribution in [0, 0.1) is 0 Å². The summed E-state index contributed by atoms with van der Waals surface area (Å²) < 4.78 is 0. The molecule has 3 rings (SSSR count). The van der Waals surface area contributed by atoms with Crippen LogP contribution in [0.1, 0.15) is 24.8 Å². The monoisotopic (exact) mass is 344 g/mol. The number of aromatic nitrogens is 3. The Morgan fingerprint density at radius 2 is 2.33 bits per heavy atom. The highest BCUT2D eigenvalue weighted by atomic mass is 32.2. The molecule has 3 N–H and O–H groups in total. The normalized spacial score (nSPS) is 21.0. The van der Waals surface area contributed by atoms with Gasteiger partial charge < -0.3 is 10.6 Å². The highest BCUT2D eigenvalue weighted by molar-refractivity contribution is 7.99. The van der Waals surface area contributed by atoms with Gasteiger partial charge >= 0.3 is 0 Å². The maximum Gasteiger partial charge on any atom is 0.191 e. The Bertz CT molecular complexity index is 669. The molecule has 1 aromatic carbocycles. The fraction of sp³-hybridized carbons (Fsp3) is 0.471. The second-order valence-corrected chi connectivity index (χ2v) is 7.11. The van der Waals surface area contributed by atoms with E-state index in [1.165, 1.54) is 31.2 Å². The number of hydrogen-bond acceptors (Lipinski definition) is 4. The average molecular weight is 344 g/mol. The van der Waals surface area contributed by atoms with Gasteiger partial charge in [-0.15, -0.1) is 0 Å². The van der Waals surface area contributed by atoms with Gasteiger partial charge in [-0.3, -0.25) is 10.1 Å². The van der Waals surface area contributed by atoms with E-state index in [2.05, 4.69) is 49.2 Å². The number of aliphatic imine (C=N–C) groups is 1. The smallest absolute Gasteiger partial charge is 0.191 e. The van der Waals surface area contributed by atoms with Gasteiger partial charge in [-0.25, -0.2) is 4.98 Å². The van der Waals surface area contributed by atoms with Gasteiger partial charge in [0.25, 0.3) is 0 Å². The topological polar surface area (TPSA) is 78.0 Å². The van der Waals surface area contributed by atoms with Crippen LogP contribution < -0.4 is 10.6 Å². The number of nitrogens with one attached hydrogen (secondary N) is 3. The van der Waals surface area contributed by atoms with Gasteiger partial charge in [0, 0.05) is 30.4 Å². The first-order valence-corrected chi connectivity index (χ1v) is 9.52. The minimum atomic E-state index is 0.522. The van der Waals surface area contributed by atoms with Gasteiger partial charge in [0.15, 0.2) is 11.8 Å². The molecule has 0 aliphatic heterocycles. The summed E-state index contributed by atoms with van der Waals surface area (Å²) in [4.78, 5) is 8.55. The first kappa shape index (κ1) is 16.8. The summed E-state index contributed by atoms with van der Waals surface area (Å²) in [6, 6.07) is 8.79. The lowest BCUT2D eigenvalue weighted by Crippen LogP contribution is -2.42. The second-order valence-electron chi connectivity index (χ2n) is 5.97. The van der Waals surface area contributed by atoms with E-state index in [0.29, 0.717) is 6.04 Å². The largest absolute Gasteiger partial charge is 0.354 e. The molecule has 7 heteroatoms. The van der Waals surface area contributed by atoms with Crippen LogP contribution in [-0.4, -0.2) is 45.7 Å². The molecule has 1 heterocycles. The molecule has 2 unspecified atom stereocenters. The van der Waals surface area contributed by atoms with Crippen molar-refractivity contribution in [1.29, 1.82) is 0 Å². The standard InChI is InChI=1S/C17H24N6S/c1-18-17(22-14-6-7-15(9-14)24-2)19-10-12-4-3-5-13(8-12)16-20-11-21-23-16/h3-5,8,11,14-15H,6-7,9-10H2,1-2H3,(H2,18,19,22)(H,20,21,23). The molecule has 0 amide bonds. The van der Waals surface area contributed by atoms with Crippen molar-refractivity contribution < 1.29 is 0 Å². The quantitative estimate of drug-likeness (QED) is 0.573. The Kier molecular flexibility index (Phi) is 5.74. The number of rotatable bonds is 5. The van der Waals surface area contributed by atoms with Gasteiger partial charge in [0.1, 0.15) is 6.33 Å². The zero-order chi connectivity index (χ0) is 16.8. The Morgan fingerprint density at radius 1 is 1.42 bits per heavy atom. The lowest BCUT2D eigenvalue weighted by molar-refractivity contribution is 0.614. The number of H-pyrrole nitrogens is 1. The molecule has 1 fully saturated rings. The molecule has 0 bridgehead atoms. The van der Waals surface area contributed by atoms with E-state index in [0.717, 1.165) is 29.1 Å². The van der Waals surface area contributed by atoms with E-state index >= 15 is 0 Å². The molecule has 24 heavy (non-hydrogen) atoms. The third-order valence-corrected chi connectivity index (χ3v) is 5.45. The van der Waals surface area contributed by atoms with Crippen LogP contribution in [0.4, 0.5) is 0 Å². The Hall–Kier alpha value is -2.02. The van der Waals surface area contributed by atoms with Crippen molar-refractivity contribution in [2.45, 2.75) is 37.1 Å². The first-order valence-electron chi connectivity index (χ1n) is 8.23. The number of hydrogen-bond donors (Lipinski definition) is 3. The van der Waals surface area contributed by atoms with Crippen LogP contribution in [0.3, 0.4) is 0 Å². The Balaban J connectivity index is 1.55. The van der Waals surface area contributed by atoms with E-state index in [1.54, 1.807) is 0 Å². The summed E-state index contributed by atoms with van der Waals surface area (Å²) in [5.74, 6) is 1.65. The summed E-state index contributed by atoms with van der Waals surface area (Å²) in [7, 11) is 1.82. The zero-order valence-corrected chi connectivity index (χ0v) is 14.9. The van der Waals surface area contributed by atoms with Crippen LogP contribution in [0.25, 0.3) is 11.4 Å². The Labute approximate surface area is 147 Å². The van der Waals surface area contributed by atoms with E-state index in [4.69, 9.17) is 0 Å². The third-order valence-electron chi connectivity index (χ3n) is 4.36. The van der Waals surface area contributed by atoms with Crippen molar-refractivity contribution in [1.82, 2.24) is 25.8 Å². The molecule has 2 aromatic rings. The van der Waals surface area contributed by atoms with Gasteiger partial charge in [-0.2, -0.15) is 16.9 Å². The molecule has 0 radical (unpaired) electrons. The lowest BCUT2D eigenvalue weighted by Gasteiger charge is -2.17. The first-order chi connectivity index (χ1) is 11.8. The number of aromatic amines is 1. The van der Waals surface area contributed by atoms with E-state index < -0.39 is 0 Å². The summed E-state index contributed by atoms with van der Waals surface area (Å²) >= 11 is 1.97. The van der Waals surface area contributed by atoms with Crippen molar-refractivity contribution in [2.75, 3.05) is 13.3 Å². The SMILES string of the molecule is CN=C(NCc1cccc(-c2ncn[nH]2)c1)NC1CCC(SC)C1. The van der Waals surface area contributed by atoms with E-state index in [1.807, 2.05) is 30.9 Å². The van der Waals surface area contributed by atoms with Crippen molar-refractivity contribution in [2.24, 2.45) is 4.99 Å². The molecule has 0 spiro atoms. The third kappa shape index (κ3) is 4.29. The highest BCUT2D eigenvalue weighted by Crippen LogP contribution is 2.28. The van der Waals surface area contributed by atoms with Crippen LogP contribution in [0.2, 0.25) is 0 Å². The fourth-order valence-electron chi connectivity index (χ4n) is 3.03. The van der Waals surface area contributed by atoms with Gasteiger partial charge in [-0.1, -0.05) is 18.2 Å². The molecule has 1 aliphatic rings. The average Bonchev–Trinajstić information content (AvgIpc) is 3.30. The zero-order valence-electron chi connectivity index (χ0n) is 14.1. The van der Waals surface area contributed by atoms with Crippen LogP contribution in [0.15, 0.2) is 35.6 Å².